The van der Waals surface area contributed by atoms with Crippen molar-refractivity contribution in [2.75, 3.05) is 20.0 Å². The van der Waals surface area contributed by atoms with Crippen molar-refractivity contribution in [2.45, 2.75) is 0 Å². The summed E-state index contributed by atoms with van der Waals surface area (Å²) in [4.78, 5) is 4.27. The van der Waals surface area contributed by atoms with Crippen molar-refractivity contribution < 1.29 is 9.47 Å². The minimum absolute atomic E-state index is 0.536. The monoisotopic (exact) mass is 204 g/mol. The Morgan fingerprint density at radius 1 is 1.07 bits per heavy atom. The molecule has 2 N–H and O–H groups in total. The number of benzene rings is 1. The summed E-state index contributed by atoms with van der Waals surface area (Å²) in [5.74, 6) is 1.17. The van der Waals surface area contributed by atoms with Gasteiger partial charge in [-0.2, -0.15) is 0 Å². The van der Waals surface area contributed by atoms with Gasteiger partial charge in [-0.25, -0.2) is 4.98 Å². The summed E-state index contributed by atoms with van der Waals surface area (Å²) in [6.45, 7) is 0. The zero-order valence-electron chi connectivity index (χ0n) is 8.65. The van der Waals surface area contributed by atoms with E-state index in [0.717, 1.165) is 5.39 Å². The summed E-state index contributed by atoms with van der Waals surface area (Å²) in [7, 11) is 3.15. The third-order valence-electron chi connectivity index (χ3n) is 2.26. The molecule has 0 radical (unpaired) electrons. The topological polar surface area (TPSA) is 57.4 Å². The molecular formula is C11H12N2O2. The second-order valence-corrected chi connectivity index (χ2v) is 3.11. The van der Waals surface area contributed by atoms with Gasteiger partial charge in [0.1, 0.15) is 17.0 Å². The first-order valence-electron chi connectivity index (χ1n) is 4.53. The standard InChI is InChI=1S/C11H12N2O2/c1-14-8-5-3-7-4-6-9(15-2)13-11(7)10(8)12/h3-6H,12H2,1-2H3. The molecule has 4 nitrogen and oxygen atoms in total. The third-order valence-corrected chi connectivity index (χ3v) is 2.26. The van der Waals surface area contributed by atoms with Gasteiger partial charge >= 0.3 is 0 Å². The summed E-state index contributed by atoms with van der Waals surface area (Å²) in [6.07, 6.45) is 0. The molecular weight excluding hydrogens is 192 g/mol. The largest absolute Gasteiger partial charge is 0.495 e. The number of ether oxygens (including phenoxy) is 2. The molecule has 0 atom stereocenters. The Morgan fingerprint density at radius 2 is 1.80 bits per heavy atom. The van der Waals surface area contributed by atoms with Gasteiger partial charge in [0.2, 0.25) is 5.88 Å². The van der Waals surface area contributed by atoms with Crippen molar-refractivity contribution in [2.24, 2.45) is 0 Å². The summed E-state index contributed by atoms with van der Waals surface area (Å²) in [6, 6.07) is 7.45. The van der Waals surface area contributed by atoms with Crippen LogP contribution >= 0.6 is 0 Å². The Labute approximate surface area is 87.6 Å². The van der Waals surface area contributed by atoms with Crippen molar-refractivity contribution in [3.05, 3.63) is 24.3 Å². The van der Waals surface area contributed by atoms with Crippen molar-refractivity contribution in [3.63, 3.8) is 0 Å². The maximum atomic E-state index is 5.91. The van der Waals surface area contributed by atoms with Gasteiger partial charge < -0.3 is 15.2 Å². The fraction of sp³-hybridized carbons (Fsp3) is 0.182. The normalized spacial score (nSPS) is 10.3. The Morgan fingerprint density at radius 3 is 2.47 bits per heavy atom. The number of hydrogen-bond acceptors (Lipinski definition) is 4. The molecule has 0 saturated carbocycles. The van der Waals surface area contributed by atoms with Crippen LogP contribution in [0, 0.1) is 0 Å². The molecule has 2 aromatic rings. The van der Waals surface area contributed by atoms with Crippen molar-refractivity contribution in [1.82, 2.24) is 4.98 Å². The smallest absolute Gasteiger partial charge is 0.213 e. The molecule has 15 heavy (non-hydrogen) atoms. The van der Waals surface area contributed by atoms with Crippen LogP contribution in [0.25, 0.3) is 10.9 Å². The van der Waals surface area contributed by atoms with Gasteiger partial charge in [-0.1, -0.05) is 0 Å². The average Bonchev–Trinajstić information content (AvgIpc) is 2.29. The number of nitrogen functional groups attached to an aromatic ring is 1. The van der Waals surface area contributed by atoms with E-state index >= 15 is 0 Å². The lowest BCUT2D eigenvalue weighted by molar-refractivity contribution is 0.399. The first kappa shape index (κ1) is 9.58. The molecule has 0 bridgehead atoms. The highest BCUT2D eigenvalue weighted by Gasteiger charge is 2.06. The van der Waals surface area contributed by atoms with Crippen LogP contribution in [0.15, 0.2) is 24.3 Å². The zero-order valence-corrected chi connectivity index (χ0v) is 8.65. The molecule has 0 aliphatic carbocycles. The first-order chi connectivity index (χ1) is 7.26. The van der Waals surface area contributed by atoms with Gasteiger partial charge in [0.05, 0.1) is 14.2 Å². The number of hydrogen-bond donors (Lipinski definition) is 1. The summed E-state index contributed by atoms with van der Waals surface area (Å²) in [5.41, 5.74) is 7.15. The van der Waals surface area contributed by atoms with Crippen molar-refractivity contribution in [3.8, 4) is 11.6 Å². The molecule has 2 rings (SSSR count). The zero-order chi connectivity index (χ0) is 10.8. The Bertz CT molecular complexity index is 492. The van der Waals surface area contributed by atoms with Crippen LogP contribution in [0.5, 0.6) is 11.6 Å². The van der Waals surface area contributed by atoms with E-state index in [4.69, 9.17) is 15.2 Å². The highest BCUT2D eigenvalue weighted by molar-refractivity contribution is 5.92. The SMILES string of the molecule is COc1ccc2ccc(OC)c(N)c2n1. The number of nitrogens with two attached hydrogens (primary N) is 1. The highest BCUT2D eigenvalue weighted by atomic mass is 16.5. The molecule has 0 fully saturated rings. The molecule has 0 unspecified atom stereocenters. The number of anilines is 1. The number of nitrogens with zero attached hydrogens (tertiary/aromatic N) is 1. The number of pyridine rings is 1. The Balaban J connectivity index is 2.72. The van der Waals surface area contributed by atoms with Gasteiger partial charge in [-0.3, -0.25) is 0 Å². The molecule has 1 aromatic carbocycles. The van der Waals surface area contributed by atoms with E-state index in [1.54, 1.807) is 20.3 Å². The lowest BCUT2D eigenvalue weighted by Gasteiger charge is -2.07. The van der Waals surface area contributed by atoms with Crippen LogP contribution in [-0.2, 0) is 0 Å². The van der Waals surface area contributed by atoms with Gasteiger partial charge in [-0.05, 0) is 18.2 Å². The number of aromatic nitrogens is 1. The third kappa shape index (κ3) is 1.54. The number of fused-ring (bicyclic) bond motifs is 1. The molecule has 0 aliphatic rings. The fourth-order valence-electron chi connectivity index (χ4n) is 1.47. The molecule has 0 amide bonds. The minimum atomic E-state index is 0.536. The van der Waals surface area contributed by atoms with E-state index in [0.29, 0.717) is 22.8 Å². The summed E-state index contributed by atoms with van der Waals surface area (Å²) < 4.78 is 10.2. The van der Waals surface area contributed by atoms with Gasteiger partial charge in [0.15, 0.2) is 0 Å². The summed E-state index contributed by atoms with van der Waals surface area (Å²) >= 11 is 0. The van der Waals surface area contributed by atoms with E-state index in [1.807, 2.05) is 18.2 Å². The maximum absolute atomic E-state index is 5.91. The van der Waals surface area contributed by atoms with E-state index in [-0.39, 0.29) is 0 Å². The van der Waals surface area contributed by atoms with Crippen molar-refractivity contribution >= 4 is 16.6 Å². The van der Waals surface area contributed by atoms with Crippen LogP contribution in [-0.4, -0.2) is 19.2 Å². The molecule has 1 heterocycles. The van der Waals surface area contributed by atoms with Crippen LogP contribution in [0.4, 0.5) is 5.69 Å². The van der Waals surface area contributed by atoms with Crippen molar-refractivity contribution in [1.29, 1.82) is 0 Å². The van der Waals surface area contributed by atoms with Crippen LogP contribution in [0.2, 0.25) is 0 Å². The van der Waals surface area contributed by atoms with Crippen LogP contribution in [0.1, 0.15) is 0 Å². The predicted molar refractivity (Wildman–Crippen MR) is 59.3 cm³/mol. The molecule has 0 spiro atoms. The molecule has 4 heteroatoms. The second kappa shape index (κ2) is 3.65. The molecule has 0 aliphatic heterocycles. The van der Waals surface area contributed by atoms with Crippen LogP contribution in [0.3, 0.4) is 0 Å². The maximum Gasteiger partial charge on any atom is 0.213 e. The first-order valence-corrected chi connectivity index (χ1v) is 4.53. The quantitative estimate of drug-likeness (QED) is 0.758. The van der Waals surface area contributed by atoms with E-state index in [2.05, 4.69) is 4.98 Å². The number of rotatable bonds is 2. The fourth-order valence-corrected chi connectivity index (χ4v) is 1.47. The minimum Gasteiger partial charge on any atom is -0.495 e. The van der Waals surface area contributed by atoms with Gasteiger partial charge in [0.25, 0.3) is 0 Å². The predicted octanol–water partition coefficient (Wildman–Crippen LogP) is 1.83. The van der Waals surface area contributed by atoms with Gasteiger partial charge in [0, 0.05) is 11.5 Å². The summed E-state index contributed by atoms with van der Waals surface area (Å²) in [5, 5.41) is 0.967. The molecule has 78 valence electrons. The lowest BCUT2D eigenvalue weighted by atomic mass is 10.2. The van der Waals surface area contributed by atoms with Gasteiger partial charge in [-0.15, -0.1) is 0 Å². The molecule has 1 aromatic heterocycles. The lowest BCUT2D eigenvalue weighted by Crippen LogP contribution is -1.96. The Kier molecular flexibility index (Phi) is 2.33. The number of methoxy groups -OCH3 is 2. The molecule has 0 saturated heterocycles. The van der Waals surface area contributed by atoms with E-state index in [1.165, 1.54) is 0 Å². The highest BCUT2D eigenvalue weighted by Crippen LogP contribution is 2.30. The van der Waals surface area contributed by atoms with Crippen LogP contribution < -0.4 is 15.2 Å². The second-order valence-electron chi connectivity index (χ2n) is 3.11. The average molecular weight is 204 g/mol. The van der Waals surface area contributed by atoms with E-state index < -0.39 is 0 Å². The Hall–Kier alpha value is -1.97. The van der Waals surface area contributed by atoms with E-state index in [9.17, 15) is 0 Å².